The van der Waals surface area contributed by atoms with Gasteiger partial charge in [0.25, 0.3) is 0 Å². The molecule has 1 aromatic rings. The number of allylic oxidation sites excluding steroid dienone is 1. The number of esters is 1. The summed E-state index contributed by atoms with van der Waals surface area (Å²) >= 11 is 2.06. The van der Waals surface area contributed by atoms with Crippen LogP contribution in [0.5, 0.6) is 5.75 Å². The zero-order valence-corrected chi connectivity index (χ0v) is 22.8. The summed E-state index contributed by atoms with van der Waals surface area (Å²) in [6.45, 7) is 16.3. The van der Waals surface area contributed by atoms with Crippen molar-refractivity contribution in [3.63, 3.8) is 0 Å². The molecular formula is C23H34INO5Si. The normalized spacial score (nSPS) is 21.5. The Kier molecular flexibility index (Phi) is 7.89. The van der Waals surface area contributed by atoms with Crippen LogP contribution in [0.15, 0.2) is 34.1 Å². The van der Waals surface area contributed by atoms with E-state index in [1.165, 1.54) is 0 Å². The van der Waals surface area contributed by atoms with Crippen molar-refractivity contribution in [1.82, 2.24) is 5.32 Å². The first-order valence-electron chi connectivity index (χ1n) is 10.4. The van der Waals surface area contributed by atoms with Gasteiger partial charge in [-0.05, 0) is 79.2 Å². The van der Waals surface area contributed by atoms with Crippen LogP contribution in [0.2, 0.25) is 18.1 Å². The van der Waals surface area contributed by atoms with Crippen LogP contribution in [0.25, 0.3) is 0 Å². The van der Waals surface area contributed by atoms with Gasteiger partial charge in [-0.25, -0.2) is 9.59 Å². The van der Waals surface area contributed by atoms with Gasteiger partial charge in [0.1, 0.15) is 23.2 Å². The largest absolute Gasteiger partial charge is 0.544 e. The molecule has 1 amide bonds. The molecule has 8 heteroatoms. The molecule has 0 bridgehead atoms. The first-order valence-corrected chi connectivity index (χ1v) is 14.6. The maximum Gasteiger partial charge on any atom is 0.408 e. The van der Waals surface area contributed by atoms with Crippen LogP contribution in [0.1, 0.15) is 59.4 Å². The number of rotatable bonds is 4. The Morgan fingerprint density at radius 1 is 1.16 bits per heavy atom. The van der Waals surface area contributed by atoms with Crippen molar-refractivity contribution >= 4 is 43.0 Å². The quantitative estimate of drug-likeness (QED) is 0.268. The van der Waals surface area contributed by atoms with Gasteiger partial charge in [0.05, 0.1) is 0 Å². The Hall–Kier alpha value is -1.55. The van der Waals surface area contributed by atoms with Crippen molar-refractivity contribution in [2.75, 3.05) is 0 Å². The molecule has 1 aromatic carbocycles. The molecule has 1 aliphatic rings. The molecule has 6 nitrogen and oxygen atoms in total. The number of amides is 1. The number of cyclic esters (lactones) is 1. The molecule has 0 saturated carbocycles. The number of hydrogen-bond donors (Lipinski definition) is 1. The molecule has 31 heavy (non-hydrogen) atoms. The predicted molar refractivity (Wildman–Crippen MR) is 133 cm³/mol. The molecule has 0 aromatic heterocycles. The Labute approximate surface area is 200 Å². The second-order valence-electron chi connectivity index (χ2n) is 10.4. The molecule has 1 heterocycles. The monoisotopic (exact) mass is 559 g/mol. The third kappa shape index (κ3) is 6.97. The number of carbonyl (C=O) groups excluding carboxylic acids is 2. The summed E-state index contributed by atoms with van der Waals surface area (Å²) < 4.78 is 18.8. The lowest BCUT2D eigenvalue weighted by Gasteiger charge is -2.36. The summed E-state index contributed by atoms with van der Waals surface area (Å²) in [5.41, 5.74) is 0.268. The van der Waals surface area contributed by atoms with Gasteiger partial charge in [-0.3, -0.25) is 0 Å². The van der Waals surface area contributed by atoms with E-state index < -0.39 is 32.0 Å². The minimum Gasteiger partial charge on any atom is -0.544 e. The topological polar surface area (TPSA) is 73.9 Å². The number of hydrogen-bond acceptors (Lipinski definition) is 5. The van der Waals surface area contributed by atoms with E-state index in [2.05, 4.69) is 61.8 Å². The number of alkyl carbamates (subject to hydrolysis) is 1. The molecule has 0 radical (unpaired) electrons. The minimum absolute atomic E-state index is 0.0984. The predicted octanol–water partition coefficient (Wildman–Crippen LogP) is 6.27. The Morgan fingerprint density at radius 2 is 1.74 bits per heavy atom. The Bertz CT molecular complexity index is 837. The number of benzene rings is 1. The Morgan fingerprint density at radius 3 is 2.23 bits per heavy atom. The fourth-order valence-corrected chi connectivity index (χ4v) is 4.35. The van der Waals surface area contributed by atoms with Gasteiger partial charge in [-0.2, -0.15) is 0 Å². The fraction of sp³-hybridized carbons (Fsp3) is 0.565. The summed E-state index contributed by atoms with van der Waals surface area (Å²) in [6.07, 6.45) is -0.142. The second-order valence-corrected chi connectivity index (χ2v) is 15.7. The van der Waals surface area contributed by atoms with Crippen LogP contribution in [0.3, 0.4) is 0 Å². The highest BCUT2D eigenvalue weighted by molar-refractivity contribution is 14.1. The third-order valence-corrected chi connectivity index (χ3v) is 10.6. The SMILES string of the molecule is CC(C)(C)OC(=O)NC1C(=O)O/C(=C/I)CC1c1ccc(O[Si](C)(C)C(C)(C)C)cc1. The van der Waals surface area contributed by atoms with Crippen LogP contribution < -0.4 is 9.74 Å². The molecule has 0 spiro atoms. The zero-order chi connectivity index (χ0) is 23.6. The van der Waals surface area contributed by atoms with Gasteiger partial charge in [0.15, 0.2) is 0 Å². The van der Waals surface area contributed by atoms with E-state index in [1.807, 2.05) is 24.3 Å². The van der Waals surface area contributed by atoms with Crippen molar-refractivity contribution < 1.29 is 23.5 Å². The highest BCUT2D eigenvalue weighted by atomic mass is 127. The van der Waals surface area contributed by atoms with Crippen molar-refractivity contribution in [2.45, 2.75) is 83.7 Å². The zero-order valence-electron chi connectivity index (χ0n) is 19.7. The maximum atomic E-state index is 12.7. The van der Waals surface area contributed by atoms with E-state index >= 15 is 0 Å². The van der Waals surface area contributed by atoms with Gasteiger partial charge < -0.3 is 19.2 Å². The standard InChI is InChI=1S/C23H34INO5Si/c1-22(2,3)29-21(27)25-19-18(13-17(14-24)28-20(19)26)15-9-11-16(12-10-15)30-31(7,8)23(4,5)6/h9-12,14,18-19H,13H2,1-8H3,(H,25,27)/b17-14+. The average Bonchev–Trinajstić information content (AvgIpc) is 2.61. The smallest absolute Gasteiger partial charge is 0.408 e. The fourth-order valence-electron chi connectivity index (χ4n) is 2.94. The van der Waals surface area contributed by atoms with E-state index in [0.29, 0.717) is 12.2 Å². The first kappa shape index (κ1) is 25.7. The molecule has 0 aliphatic carbocycles. The van der Waals surface area contributed by atoms with Crippen LogP contribution >= 0.6 is 22.6 Å². The molecule has 2 atom stereocenters. The van der Waals surface area contributed by atoms with Crippen molar-refractivity contribution in [3.05, 3.63) is 39.7 Å². The minimum atomic E-state index is -1.95. The second kappa shape index (κ2) is 9.52. The van der Waals surface area contributed by atoms with Gasteiger partial charge in [-0.1, -0.05) is 32.9 Å². The van der Waals surface area contributed by atoms with E-state index in [-0.39, 0.29) is 11.0 Å². The molecule has 172 valence electrons. The van der Waals surface area contributed by atoms with Crippen LogP contribution in [-0.2, 0) is 14.3 Å². The molecule has 1 aliphatic heterocycles. The molecule has 2 rings (SSSR count). The number of ether oxygens (including phenoxy) is 2. The maximum absolute atomic E-state index is 12.7. The summed E-state index contributed by atoms with van der Waals surface area (Å²) in [4.78, 5) is 25.0. The van der Waals surface area contributed by atoms with E-state index in [9.17, 15) is 9.59 Å². The lowest BCUT2D eigenvalue weighted by Crippen LogP contribution is -2.49. The molecule has 1 fully saturated rings. The molecular weight excluding hydrogens is 525 g/mol. The summed E-state index contributed by atoms with van der Waals surface area (Å²) in [5.74, 6) is 0.637. The van der Waals surface area contributed by atoms with E-state index in [4.69, 9.17) is 13.9 Å². The first-order chi connectivity index (χ1) is 14.1. The van der Waals surface area contributed by atoms with Gasteiger partial charge in [0, 0.05) is 16.4 Å². The van der Waals surface area contributed by atoms with Gasteiger partial charge in [0.2, 0.25) is 8.32 Å². The van der Waals surface area contributed by atoms with Crippen molar-refractivity contribution in [3.8, 4) is 5.75 Å². The van der Waals surface area contributed by atoms with Crippen LogP contribution in [0.4, 0.5) is 4.79 Å². The van der Waals surface area contributed by atoms with Crippen molar-refractivity contribution in [2.24, 2.45) is 0 Å². The summed E-state index contributed by atoms with van der Waals surface area (Å²) in [7, 11) is -1.95. The molecule has 1 saturated heterocycles. The van der Waals surface area contributed by atoms with E-state index in [0.717, 1.165) is 11.3 Å². The summed E-state index contributed by atoms with van der Waals surface area (Å²) in [5, 5.41) is 2.80. The van der Waals surface area contributed by atoms with Crippen molar-refractivity contribution in [1.29, 1.82) is 0 Å². The third-order valence-electron chi connectivity index (χ3n) is 5.59. The molecule has 2 unspecified atom stereocenters. The van der Waals surface area contributed by atoms with Gasteiger partial charge in [-0.15, -0.1) is 0 Å². The Balaban J connectivity index is 2.26. The summed E-state index contributed by atoms with van der Waals surface area (Å²) in [6, 6.07) is 6.96. The average molecular weight is 560 g/mol. The molecule has 1 N–H and O–H groups in total. The van der Waals surface area contributed by atoms with E-state index in [1.54, 1.807) is 24.9 Å². The van der Waals surface area contributed by atoms with Crippen LogP contribution in [-0.4, -0.2) is 32.0 Å². The highest BCUT2D eigenvalue weighted by Gasteiger charge is 2.40. The number of nitrogens with one attached hydrogen (secondary N) is 1. The highest BCUT2D eigenvalue weighted by Crippen LogP contribution is 2.38. The lowest BCUT2D eigenvalue weighted by molar-refractivity contribution is -0.145. The number of carbonyl (C=O) groups is 2. The number of halogens is 1. The van der Waals surface area contributed by atoms with Gasteiger partial charge >= 0.3 is 12.1 Å². The van der Waals surface area contributed by atoms with Crippen LogP contribution in [0, 0.1) is 0 Å². The lowest BCUT2D eigenvalue weighted by atomic mass is 9.86.